The van der Waals surface area contributed by atoms with Crippen LogP contribution in [0.15, 0.2) is 133 Å². The summed E-state index contributed by atoms with van der Waals surface area (Å²) in [4.78, 5) is 0. The van der Waals surface area contributed by atoms with Crippen LogP contribution in [0.1, 0.15) is 0 Å². The Morgan fingerprint density at radius 3 is 1.77 bits per heavy atom. The molecule has 0 fully saturated rings. The van der Waals surface area contributed by atoms with Gasteiger partial charge >= 0.3 is 6.98 Å². The van der Waals surface area contributed by atoms with E-state index in [0.29, 0.717) is 0 Å². The lowest BCUT2D eigenvalue weighted by Gasteiger charge is -2.35. The Morgan fingerprint density at radius 1 is 0.450 bits per heavy atom. The van der Waals surface area contributed by atoms with Gasteiger partial charge in [0.1, 0.15) is 0 Å². The lowest BCUT2D eigenvalue weighted by molar-refractivity contribution is 1.18. The predicted molar refractivity (Wildman–Crippen MR) is 170 cm³/mol. The van der Waals surface area contributed by atoms with E-state index < -0.39 is 0 Å². The van der Waals surface area contributed by atoms with Crippen LogP contribution in [0.3, 0.4) is 0 Å². The SMILES string of the molecule is c1ccc(-n2c3ccccc3c3cc(-c4cc5c6c(c4)-c4ccccc4NB6Nc4ccccc4-5)ccc32)cc1. The molecule has 40 heavy (non-hydrogen) atoms. The summed E-state index contributed by atoms with van der Waals surface area (Å²) in [6, 6.07) is 48.4. The van der Waals surface area contributed by atoms with Crippen LogP contribution in [0.4, 0.5) is 11.4 Å². The summed E-state index contributed by atoms with van der Waals surface area (Å²) in [7, 11) is 0. The lowest BCUT2D eigenvalue weighted by Crippen LogP contribution is -2.52. The fourth-order valence-corrected chi connectivity index (χ4v) is 6.76. The highest BCUT2D eigenvalue weighted by atomic mass is 15.0. The molecule has 9 rings (SSSR count). The van der Waals surface area contributed by atoms with E-state index in [9.17, 15) is 0 Å². The number of hydrogen-bond acceptors (Lipinski definition) is 2. The third-order valence-electron chi connectivity index (χ3n) is 8.52. The van der Waals surface area contributed by atoms with Gasteiger partial charge in [0.15, 0.2) is 0 Å². The number of hydrogen-bond donors (Lipinski definition) is 2. The normalized spacial score (nSPS) is 12.8. The zero-order chi connectivity index (χ0) is 26.2. The molecule has 6 aromatic carbocycles. The van der Waals surface area contributed by atoms with Crippen molar-refractivity contribution >= 4 is 45.6 Å². The highest BCUT2D eigenvalue weighted by molar-refractivity contribution is 6.83. The summed E-state index contributed by atoms with van der Waals surface area (Å²) in [6.07, 6.45) is 0. The van der Waals surface area contributed by atoms with Gasteiger partial charge < -0.3 is 15.0 Å². The molecule has 0 aliphatic carbocycles. The molecular weight excluding hydrogens is 485 g/mol. The third-order valence-corrected chi connectivity index (χ3v) is 8.52. The van der Waals surface area contributed by atoms with Crippen molar-refractivity contribution in [3.63, 3.8) is 0 Å². The predicted octanol–water partition coefficient (Wildman–Crippen LogP) is 8.33. The molecule has 3 heterocycles. The average molecular weight is 509 g/mol. The van der Waals surface area contributed by atoms with E-state index in [4.69, 9.17) is 0 Å². The van der Waals surface area contributed by atoms with Crippen molar-refractivity contribution in [2.75, 3.05) is 10.5 Å². The minimum atomic E-state index is 0.0372. The van der Waals surface area contributed by atoms with Crippen LogP contribution in [0.2, 0.25) is 0 Å². The molecule has 0 saturated carbocycles. The number of aromatic nitrogens is 1. The monoisotopic (exact) mass is 509 g/mol. The van der Waals surface area contributed by atoms with Gasteiger partial charge in [-0.3, -0.25) is 0 Å². The van der Waals surface area contributed by atoms with E-state index in [1.807, 2.05) is 0 Å². The van der Waals surface area contributed by atoms with Crippen molar-refractivity contribution < 1.29 is 0 Å². The van der Waals surface area contributed by atoms with Crippen LogP contribution in [-0.2, 0) is 0 Å². The molecule has 0 atom stereocenters. The van der Waals surface area contributed by atoms with Crippen LogP contribution in [-0.4, -0.2) is 11.5 Å². The first-order chi connectivity index (χ1) is 19.8. The van der Waals surface area contributed by atoms with Gasteiger partial charge in [0, 0.05) is 39.0 Å². The van der Waals surface area contributed by atoms with Crippen LogP contribution >= 0.6 is 0 Å². The largest absolute Gasteiger partial charge is 0.407 e. The molecule has 7 aromatic rings. The van der Waals surface area contributed by atoms with Crippen LogP contribution in [0.25, 0.3) is 60.9 Å². The Balaban J connectivity index is 1.32. The van der Waals surface area contributed by atoms with E-state index >= 15 is 0 Å². The molecule has 1 aromatic heterocycles. The molecule has 0 spiro atoms. The molecule has 0 radical (unpaired) electrons. The van der Waals surface area contributed by atoms with Crippen molar-refractivity contribution in [3.05, 3.63) is 133 Å². The van der Waals surface area contributed by atoms with Gasteiger partial charge in [0.25, 0.3) is 0 Å². The second-order valence-corrected chi connectivity index (χ2v) is 10.7. The van der Waals surface area contributed by atoms with Crippen molar-refractivity contribution in [1.29, 1.82) is 0 Å². The molecule has 0 amide bonds. The lowest BCUT2D eigenvalue weighted by atomic mass is 9.57. The molecule has 0 unspecified atom stereocenters. The Bertz CT molecular complexity index is 2060. The quantitative estimate of drug-likeness (QED) is 0.230. The first-order valence-corrected chi connectivity index (χ1v) is 13.8. The minimum absolute atomic E-state index is 0.0372. The zero-order valence-corrected chi connectivity index (χ0v) is 21.7. The van der Waals surface area contributed by atoms with Gasteiger partial charge in [-0.2, -0.15) is 0 Å². The first-order valence-electron chi connectivity index (χ1n) is 13.8. The Labute approximate surface area is 232 Å². The fourth-order valence-electron chi connectivity index (χ4n) is 6.76. The van der Waals surface area contributed by atoms with Gasteiger partial charge in [-0.1, -0.05) is 78.9 Å². The number of para-hydroxylation sites is 4. The molecule has 186 valence electrons. The van der Waals surface area contributed by atoms with Crippen molar-refractivity contribution in [3.8, 4) is 39.1 Å². The van der Waals surface area contributed by atoms with E-state index in [1.165, 1.54) is 66.3 Å². The van der Waals surface area contributed by atoms with Gasteiger partial charge in [0.05, 0.1) is 11.0 Å². The number of anilines is 2. The van der Waals surface area contributed by atoms with Gasteiger partial charge in [-0.15, -0.1) is 0 Å². The van der Waals surface area contributed by atoms with E-state index in [2.05, 4.69) is 148 Å². The number of benzene rings is 6. The van der Waals surface area contributed by atoms with Gasteiger partial charge in [0.2, 0.25) is 0 Å². The second-order valence-electron chi connectivity index (χ2n) is 10.7. The molecular formula is C36H24BN3. The molecule has 4 heteroatoms. The summed E-state index contributed by atoms with van der Waals surface area (Å²) in [5.74, 6) is 0. The Hall–Kier alpha value is -5.22. The number of nitrogens with zero attached hydrogens (tertiary/aromatic N) is 1. The Kier molecular flexibility index (Phi) is 4.41. The third kappa shape index (κ3) is 3.02. The molecule has 2 aliphatic rings. The minimum Gasteiger partial charge on any atom is -0.405 e. The highest BCUT2D eigenvalue weighted by Crippen LogP contribution is 2.42. The van der Waals surface area contributed by atoms with Crippen LogP contribution in [0, 0.1) is 0 Å². The van der Waals surface area contributed by atoms with E-state index in [1.54, 1.807) is 0 Å². The number of fused-ring (bicyclic) bond motifs is 7. The topological polar surface area (TPSA) is 29.0 Å². The van der Waals surface area contributed by atoms with Gasteiger partial charge in [-0.25, -0.2) is 0 Å². The average Bonchev–Trinajstić information content (AvgIpc) is 3.35. The maximum atomic E-state index is 3.74. The van der Waals surface area contributed by atoms with E-state index in [0.717, 1.165) is 11.4 Å². The van der Waals surface area contributed by atoms with Crippen LogP contribution in [0.5, 0.6) is 0 Å². The second kappa shape index (κ2) is 8.14. The van der Waals surface area contributed by atoms with E-state index in [-0.39, 0.29) is 6.98 Å². The summed E-state index contributed by atoms with van der Waals surface area (Å²) in [5, 5.41) is 10.0. The molecule has 2 aliphatic heterocycles. The molecule has 2 N–H and O–H groups in total. The Morgan fingerprint density at radius 2 is 1.05 bits per heavy atom. The molecule has 3 nitrogen and oxygen atoms in total. The van der Waals surface area contributed by atoms with Gasteiger partial charge in [-0.05, 0) is 82.3 Å². The maximum Gasteiger partial charge on any atom is 0.407 e. The highest BCUT2D eigenvalue weighted by Gasteiger charge is 2.36. The molecule has 0 saturated heterocycles. The summed E-state index contributed by atoms with van der Waals surface area (Å²) < 4.78 is 2.37. The first kappa shape index (κ1) is 21.7. The van der Waals surface area contributed by atoms with Crippen molar-refractivity contribution in [2.24, 2.45) is 0 Å². The summed E-state index contributed by atoms with van der Waals surface area (Å²) in [5.41, 5.74) is 14.8. The van der Waals surface area contributed by atoms with Crippen molar-refractivity contribution in [2.45, 2.75) is 0 Å². The number of nitrogens with one attached hydrogen (secondary N) is 2. The standard InChI is InChI=1S/C36H24BN3/c1-2-10-25(11-3-1)40-34-17-9-6-14-28(34)29-20-23(18-19-35(29)40)24-21-30-26-12-4-7-15-32(26)38-37-36(30)31(22-24)27-13-5-8-16-33(27)39-37/h1-22,38-39H. The smallest absolute Gasteiger partial charge is 0.405 e. The van der Waals surface area contributed by atoms with Crippen LogP contribution < -0.4 is 15.9 Å². The zero-order valence-electron chi connectivity index (χ0n) is 21.7. The molecule has 0 bridgehead atoms. The summed E-state index contributed by atoms with van der Waals surface area (Å²) in [6.45, 7) is 0.0372. The maximum absolute atomic E-state index is 3.74. The van der Waals surface area contributed by atoms with Crippen molar-refractivity contribution in [1.82, 2.24) is 4.57 Å². The fraction of sp³-hybridized carbons (Fsp3) is 0. The number of rotatable bonds is 2. The summed E-state index contributed by atoms with van der Waals surface area (Å²) >= 11 is 0.